The van der Waals surface area contributed by atoms with Crippen molar-refractivity contribution in [2.24, 2.45) is 10.9 Å². The van der Waals surface area contributed by atoms with Crippen molar-refractivity contribution in [1.29, 1.82) is 5.26 Å². The first kappa shape index (κ1) is 9.47. The first-order valence-corrected chi connectivity index (χ1v) is 4.30. The zero-order valence-corrected chi connectivity index (χ0v) is 7.64. The molecule has 0 radical (unpaired) electrons. The molecule has 1 aromatic carbocycles. The minimum atomic E-state index is 0.0486. The summed E-state index contributed by atoms with van der Waals surface area (Å²) in [6.45, 7) is 1.89. The molecule has 0 amide bonds. The fourth-order valence-corrected chi connectivity index (χ4v) is 0.883. The predicted molar refractivity (Wildman–Crippen MR) is 54.0 cm³/mol. The lowest BCUT2D eigenvalue weighted by molar-refractivity contribution is 0.794. The number of hydrogen-bond acceptors (Lipinski definition) is 2. The van der Waals surface area contributed by atoms with E-state index in [4.69, 9.17) is 5.26 Å². The second-order valence-corrected chi connectivity index (χ2v) is 2.91. The van der Waals surface area contributed by atoms with E-state index in [0.29, 0.717) is 6.42 Å². The standard InChI is InChI=1S/C11H12N2/c1-10(9-12)7-8-13-11-5-3-2-4-6-11/h2-6,8,10H,7H2,1H3. The normalized spacial score (nSPS) is 12.6. The van der Waals surface area contributed by atoms with Gasteiger partial charge in [0, 0.05) is 12.1 Å². The third kappa shape index (κ3) is 3.53. The van der Waals surface area contributed by atoms with Crippen LogP contribution in [0.1, 0.15) is 13.3 Å². The van der Waals surface area contributed by atoms with Crippen molar-refractivity contribution in [1.82, 2.24) is 0 Å². The van der Waals surface area contributed by atoms with Crippen LogP contribution in [-0.4, -0.2) is 6.21 Å². The van der Waals surface area contributed by atoms with Crippen LogP contribution in [0.3, 0.4) is 0 Å². The molecule has 2 heteroatoms. The minimum absolute atomic E-state index is 0.0486. The summed E-state index contributed by atoms with van der Waals surface area (Å²) in [5.74, 6) is 0.0486. The Morgan fingerprint density at radius 3 is 2.77 bits per heavy atom. The molecule has 0 fully saturated rings. The number of aliphatic imine (C=N–C) groups is 1. The van der Waals surface area contributed by atoms with Crippen molar-refractivity contribution in [2.45, 2.75) is 13.3 Å². The Morgan fingerprint density at radius 1 is 1.46 bits per heavy atom. The van der Waals surface area contributed by atoms with E-state index in [1.807, 2.05) is 37.3 Å². The van der Waals surface area contributed by atoms with Gasteiger partial charge in [0.05, 0.1) is 11.8 Å². The lowest BCUT2D eigenvalue weighted by atomic mass is 10.1. The molecular formula is C11H12N2. The number of benzene rings is 1. The summed E-state index contributed by atoms with van der Waals surface area (Å²) in [6, 6.07) is 11.9. The van der Waals surface area contributed by atoms with Crippen molar-refractivity contribution in [3.63, 3.8) is 0 Å². The molecule has 1 atom stereocenters. The maximum atomic E-state index is 8.52. The molecule has 1 rings (SSSR count). The van der Waals surface area contributed by atoms with Gasteiger partial charge >= 0.3 is 0 Å². The highest BCUT2D eigenvalue weighted by Gasteiger charge is 1.94. The zero-order valence-electron chi connectivity index (χ0n) is 7.64. The van der Waals surface area contributed by atoms with Crippen LogP contribution in [0.5, 0.6) is 0 Å². The second-order valence-electron chi connectivity index (χ2n) is 2.91. The van der Waals surface area contributed by atoms with Gasteiger partial charge < -0.3 is 0 Å². The van der Waals surface area contributed by atoms with Crippen LogP contribution < -0.4 is 0 Å². The summed E-state index contributed by atoms with van der Waals surface area (Å²) in [6.07, 6.45) is 2.51. The molecule has 0 aliphatic carbocycles. The van der Waals surface area contributed by atoms with Gasteiger partial charge in [-0.3, -0.25) is 4.99 Å². The van der Waals surface area contributed by atoms with E-state index in [0.717, 1.165) is 5.69 Å². The highest BCUT2D eigenvalue weighted by molar-refractivity contribution is 5.63. The summed E-state index contributed by atoms with van der Waals surface area (Å²) in [5.41, 5.74) is 0.938. The molecule has 0 aliphatic rings. The Morgan fingerprint density at radius 2 is 2.15 bits per heavy atom. The number of hydrogen-bond donors (Lipinski definition) is 0. The fraction of sp³-hybridized carbons (Fsp3) is 0.273. The van der Waals surface area contributed by atoms with Gasteiger partial charge in [0.2, 0.25) is 0 Å². The lowest BCUT2D eigenvalue weighted by Gasteiger charge is -1.94. The number of nitriles is 1. The average molecular weight is 172 g/mol. The van der Waals surface area contributed by atoms with Crippen molar-refractivity contribution < 1.29 is 0 Å². The molecule has 0 saturated carbocycles. The molecule has 0 bridgehead atoms. The van der Waals surface area contributed by atoms with Gasteiger partial charge in [-0.1, -0.05) is 18.2 Å². The molecule has 66 valence electrons. The van der Waals surface area contributed by atoms with Gasteiger partial charge in [-0.25, -0.2) is 0 Å². The highest BCUT2D eigenvalue weighted by Crippen LogP contribution is 2.09. The van der Waals surface area contributed by atoms with Crippen LogP contribution in [0.4, 0.5) is 5.69 Å². The first-order valence-electron chi connectivity index (χ1n) is 4.30. The number of rotatable bonds is 3. The molecular weight excluding hydrogens is 160 g/mol. The third-order valence-corrected chi connectivity index (χ3v) is 1.68. The summed E-state index contributed by atoms with van der Waals surface area (Å²) >= 11 is 0. The van der Waals surface area contributed by atoms with Crippen LogP contribution in [-0.2, 0) is 0 Å². The second kappa shape index (κ2) is 5.10. The molecule has 1 aromatic rings. The van der Waals surface area contributed by atoms with Crippen LogP contribution >= 0.6 is 0 Å². The monoisotopic (exact) mass is 172 g/mol. The van der Waals surface area contributed by atoms with Crippen molar-refractivity contribution in [2.75, 3.05) is 0 Å². The van der Waals surface area contributed by atoms with Gasteiger partial charge in [0.25, 0.3) is 0 Å². The lowest BCUT2D eigenvalue weighted by Crippen LogP contribution is -1.89. The Balaban J connectivity index is 2.47. The summed E-state index contributed by atoms with van der Waals surface area (Å²) in [7, 11) is 0. The molecule has 1 unspecified atom stereocenters. The maximum Gasteiger partial charge on any atom is 0.0656 e. The van der Waals surface area contributed by atoms with E-state index in [-0.39, 0.29) is 5.92 Å². The maximum absolute atomic E-state index is 8.52. The van der Waals surface area contributed by atoms with Crippen LogP contribution in [0.25, 0.3) is 0 Å². The molecule has 0 aromatic heterocycles. The Labute approximate surface area is 78.5 Å². The van der Waals surface area contributed by atoms with E-state index in [2.05, 4.69) is 11.1 Å². The Hall–Kier alpha value is -1.62. The summed E-state index contributed by atoms with van der Waals surface area (Å²) in [4.78, 5) is 4.22. The van der Waals surface area contributed by atoms with Crippen molar-refractivity contribution in [3.8, 4) is 6.07 Å². The van der Waals surface area contributed by atoms with E-state index >= 15 is 0 Å². The molecule has 0 heterocycles. The molecule has 0 spiro atoms. The molecule has 0 saturated heterocycles. The first-order chi connectivity index (χ1) is 6.33. The molecule has 0 N–H and O–H groups in total. The topological polar surface area (TPSA) is 36.1 Å². The predicted octanol–water partition coefficient (Wildman–Crippen LogP) is 2.94. The summed E-state index contributed by atoms with van der Waals surface area (Å²) < 4.78 is 0. The van der Waals surface area contributed by atoms with E-state index in [1.54, 1.807) is 6.21 Å². The van der Waals surface area contributed by atoms with Gasteiger partial charge in [0.15, 0.2) is 0 Å². The zero-order chi connectivity index (χ0) is 9.52. The van der Waals surface area contributed by atoms with Gasteiger partial charge in [0.1, 0.15) is 0 Å². The SMILES string of the molecule is CC(C#N)CC=Nc1ccccc1. The van der Waals surface area contributed by atoms with E-state index in [9.17, 15) is 0 Å². The van der Waals surface area contributed by atoms with Crippen LogP contribution in [0.2, 0.25) is 0 Å². The number of nitrogens with zero attached hydrogens (tertiary/aromatic N) is 2. The van der Waals surface area contributed by atoms with Crippen molar-refractivity contribution in [3.05, 3.63) is 30.3 Å². The minimum Gasteiger partial charge on any atom is -0.261 e. The number of para-hydroxylation sites is 1. The highest BCUT2D eigenvalue weighted by atomic mass is 14.7. The fourth-order valence-electron chi connectivity index (χ4n) is 0.883. The van der Waals surface area contributed by atoms with Gasteiger partial charge in [-0.2, -0.15) is 5.26 Å². The van der Waals surface area contributed by atoms with Crippen LogP contribution in [0.15, 0.2) is 35.3 Å². The Kier molecular flexibility index (Phi) is 3.72. The van der Waals surface area contributed by atoms with Gasteiger partial charge in [-0.15, -0.1) is 0 Å². The van der Waals surface area contributed by atoms with E-state index < -0.39 is 0 Å². The smallest absolute Gasteiger partial charge is 0.0656 e. The van der Waals surface area contributed by atoms with E-state index in [1.165, 1.54) is 0 Å². The Bertz CT molecular complexity index is 309. The van der Waals surface area contributed by atoms with Crippen molar-refractivity contribution >= 4 is 11.9 Å². The van der Waals surface area contributed by atoms with Gasteiger partial charge in [-0.05, 0) is 25.5 Å². The average Bonchev–Trinajstić information content (AvgIpc) is 2.19. The molecule has 13 heavy (non-hydrogen) atoms. The largest absolute Gasteiger partial charge is 0.261 e. The molecule has 0 aliphatic heterocycles. The molecule has 2 nitrogen and oxygen atoms in total. The van der Waals surface area contributed by atoms with Crippen LogP contribution in [0, 0.1) is 17.2 Å². The summed E-state index contributed by atoms with van der Waals surface area (Å²) in [5, 5.41) is 8.52. The quantitative estimate of drug-likeness (QED) is 0.646. The third-order valence-electron chi connectivity index (χ3n) is 1.68.